The summed E-state index contributed by atoms with van der Waals surface area (Å²) in [5, 5.41) is 3.35. The third-order valence-corrected chi connectivity index (χ3v) is 2.83. The lowest BCUT2D eigenvalue weighted by Gasteiger charge is -2.06. The first-order chi connectivity index (χ1) is 8.90. The van der Waals surface area contributed by atoms with E-state index in [1.54, 1.807) is 0 Å². The summed E-state index contributed by atoms with van der Waals surface area (Å²) in [4.78, 5) is 0. The Morgan fingerprint density at radius 2 is 2.11 bits per heavy atom. The van der Waals surface area contributed by atoms with E-state index in [1.165, 1.54) is 12.0 Å². The Labute approximate surface area is 108 Å². The Bertz CT molecular complexity index is 368. The average Bonchev–Trinajstić information content (AvgIpc) is 2.85. The van der Waals surface area contributed by atoms with E-state index in [0.29, 0.717) is 6.79 Å². The van der Waals surface area contributed by atoms with Gasteiger partial charge in [0.05, 0.1) is 6.61 Å². The molecule has 100 valence electrons. The molecule has 0 spiro atoms. The lowest BCUT2D eigenvalue weighted by molar-refractivity contribution is 0.133. The molecule has 0 atom stereocenters. The van der Waals surface area contributed by atoms with Crippen LogP contribution in [0.3, 0.4) is 0 Å². The highest BCUT2D eigenvalue weighted by atomic mass is 16.7. The fraction of sp³-hybridized carbons (Fsp3) is 0.571. The third kappa shape index (κ3) is 3.89. The number of benzene rings is 1. The zero-order valence-electron chi connectivity index (χ0n) is 10.9. The summed E-state index contributed by atoms with van der Waals surface area (Å²) in [7, 11) is 0. The van der Waals surface area contributed by atoms with E-state index in [-0.39, 0.29) is 0 Å². The highest BCUT2D eigenvalue weighted by Gasteiger charge is 2.12. The maximum Gasteiger partial charge on any atom is 0.231 e. The van der Waals surface area contributed by atoms with Gasteiger partial charge in [0.2, 0.25) is 6.79 Å². The molecular weight excluding hydrogens is 230 g/mol. The average molecular weight is 251 g/mol. The van der Waals surface area contributed by atoms with Crippen LogP contribution in [0.25, 0.3) is 0 Å². The molecular formula is C14H21NO3. The predicted octanol–water partition coefficient (Wildman–Crippen LogP) is 2.32. The molecule has 0 bridgehead atoms. The molecule has 1 aliphatic heterocycles. The maximum atomic E-state index is 5.48. The van der Waals surface area contributed by atoms with Gasteiger partial charge in [0, 0.05) is 19.7 Å². The van der Waals surface area contributed by atoms with Gasteiger partial charge in [-0.15, -0.1) is 0 Å². The van der Waals surface area contributed by atoms with Gasteiger partial charge < -0.3 is 19.5 Å². The fourth-order valence-corrected chi connectivity index (χ4v) is 1.78. The predicted molar refractivity (Wildman–Crippen MR) is 70.0 cm³/mol. The summed E-state index contributed by atoms with van der Waals surface area (Å²) in [5.74, 6) is 1.68. The number of unbranched alkanes of at least 4 members (excludes halogenated alkanes) is 1. The Hall–Kier alpha value is -1.26. The molecule has 4 nitrogen and oxygen atoms in total. The fourth-order valence-electron chi connectivity index (χ4n) is 1.78. The minimum atomic E-state index is 0.331. The van der Waals surface area contributed by atoms with Crippen molar-refractivity contribution in [3.63, 3.8) is 0 Å². The highest BCUT2D eigenvalue weighted by molar-refractivity contribution is 5.44. The number of hydrogen-bond acceptors (Lipinski definition) is 4. The largest absolute Gasteiger partial charge is 0.454 e. The van der Waals surface area contributed by atoms with Crippen molar-refractivity contribution < 1.29 is 14.2 Å². The molecule has 1 heterocycles. The molecule has 1 aromatic rings. The second-order valence-corrected chi connectivity index (χ2v) is 4.33. The van der Waals surface area contributed by atoms with E-state index in [9.17, 15) is 0 Å². The van der Waals surface area contributed by atoms with E-state index < -0.39 is 0 Å². The maximum absolute atomic E-state index is 5.48. The van der Waals surface area contributed by atoms with Gasteiger partial charge in [-0.3, -0.25) is 0 Å². The van der Waals surface area contributed by atoms with E-state index in [2.05, 4.69) is 18.3 Å². The first kappa shape index (κ1) is 13.2. The monoisotopic (exact) mass is 251 g/mol. The molecule has 0 saturated carbocycles. The summed E-state index contributed by atoms with van der Waals surface area (Å²) in [6, 6.07) is 6.03. The first-order valence-electron chi connectivity index (χ1n) is 6.57. The van der Waals surface area contributed by atoms with Gasteiger partial charge in [0.15, 0.2) is 11.5 Å². The van der Waals surface area contributed by atoms with Crippen molar-refractivity contribution in [1.82, 2.24) is 5.32 Å². The van der Waals surface area contributed by atoms with Crippen molar-refractivity contribution in [2.24, 2.45) is 0 Å². The van der Waals surface area contributed by atoms with Crippen LogP contribution in [0.4, 0.5) is 0 Å². The molecule has 0 saturated heterocycles. The number of ether oxygens (including phenoxy) is 3. The van der Waals surface area contributed by atoms with Crippen LogP contribution in [-0.2, 0) is 11.3 Å². The SMILES string of the molecule is CCCCOCCNCc1ccc2c(c1)OCO2. The van der Waals surface area contributed by atoms with E-state index >= 15 is 0 Å². The summed E-state index contributed by atoms with van der Waals surface area (Å²) in [6.45, 7) is 5.83. The van der Waals surface area contributed by atoms with Gasteiger partial charge in [-0.05, 0) is 24.1 Å². The second kappa shape index (κ2) is 7.24. The Morgan fingerprint density at radius 1 is 1.22 bits per heavy atom. The smallest absolute Gasteiger partial charge is 0.231 e. The summed E-state index contributed by atoms with van der Waals surface area (Å²) in [6.07, 6.45) is 2.33. The third-order valence-electron chi connectivity index (χ3n) is 2.83. The summed E-state index contributed by atoms with van der Waals surface area (Å²) >= 11 is 0. The number of fused-ring (bicyclic) bond motifs is 1. The van der Waals surface area contributed by atoms with E-state index in [1.807, 2.05) is 12.1 Å². The zero-order valence-corrected chi connectivity index (χ0v) is 10.9. The quantitative estimate of drug-likeness (QED) is 0.720. The zero-order chi connectivity index (χ0) is 12.6. The lowest BCUT2D eigenvalue weighted by atomic mass is 10.2. The molecule has 0 amide bonds. The standard InChI is InChI=1S/C14H21NO3/c1-2-3-7-16-8-6-15-10-12-4-5-13-14(9-12)18-11-17-13/h4-5,9,15H,2-3,6-8,10-11H2,1H3. The van der Waals surface area contributed by atoms with Crippen molar-refractivity contribution in [2.75, 3.05) is 26.6 Å². The number of rotatable bonds is 8. The molecule has 2 rings (SSSR count). The van der Waals surface area contributed by atoms with Crippen LogP contribution >= 0.6 is 0 Å². The lowest BCUT2D eigenvalue weighted by Crippen LogP contribution is -2.19. The van der Waals surface area contributed by atoms with Crippen molar-refractivity contribution in [3.8, 4) is 11.5 Å². The Balaban J connectivity index is 1.62. The van der Waals surface area contributed by atoms with Gasteiger partial charge in [-0.2, -0.15) is 0 Å². The topological polar surface area (TPSA) is 39.7 Å². The van der Waals surface area contributed by atoms with Gasteiger partial charge in [-0.1, -0.05) is 19.4 Å². The van der Waals surface area contributed by atoms with Crippen LogP contribution in [0.5, 0.6) is 11.5 Å². The molecule has 1 aromatic carbocycles. The second-order valence-electron chi connectivity index (χ2n) is 4.33. The van der Waals surface area contributed by atoms with Crippen LogP contribution in [0.2, 0.25) is 0 Å². The summed E-state index contributed by atoms with van der Waals surface area (Å²) in [5.41, 5.74) is 1.20. The summed E-state index contributed by atoms with van der Waals surface area (Å²) < 4.78 is 16.1. The molecule has 0 radical (unpaired) electrons. The van der Waals surface area contributed by atoms with Crippen LogP contribution < -0.4 is 14.8 Å². The van der Waals surface area contributed by atoms with Gasteiger partial charge >= 0.3 is 0 Å². The van der Waals surface area contributed by atoms with Crippen LogP contribution in [-0.4, -0.2) is 26.6 Å². The van der Waals surface area contributed by atoms with Gasteiger partial charge in [0.25, 0.3) is 0 Å². The minimum Gasteiger partial charge on any atom is -0.454 e. The van der Waals surface area contributed by atoms with Crippen LogP contribution in [0, 0.1) is 0 Å². The molecule has 0 fully saturated rings. The molecule has 0 aromatic heterocycles. The van der Waals surface area contributed by atoms with Crippen molar-refractivity contribution in [3.05, 3.63) is 23.8 Å². The normalized spacial score (nSPS) is 12.9. The van der Waals surface area contributed by atoms with Crippen molar-refractivity contribution >= 4 is 0 Å². The number of nitrogens with one attached hydrogen (secondary N) is 1. The molecule has 0 unspecified atom stereocenters. The molecule has 1 aliphatic rings. The Kier molecular flexibility index (Phi) is 5.30. The van der Waals surface area contributed by atoms with Gasteiger partial charge in [0.1, 0.15) is 0 Å². The van der Waals surface area contributed by atoms with E-state index in [0.717, 1.165) is 44.2 Å². The molecule has 1 N–H and O–H groups in total. The van der Waals surface area contributed by atoms with Crippen molar-refractivity contribution in [1.29, 1.82) is 0 Å². The van der Waals surface area contributed by atoms with Crippen LogP contribution in [0.1, 0.15) is 25.3 Å². The van der Waals surface area contributed by atoms with E-state index in [4.69, 9.17) is 14.2 Å². The van der Waals surface area contributed by atoms with Crippen LogP contribution in [0.15, 0.2) is 18.2 Å². The molecule has 18 heavy (non-hydrogen) atoms. The Morgan fingerprint density at radius 3 is 3.00 bits per heavy atom. The molecule has 4 heteroatoms. The molecule has 0 aliphatic carbocycles. The highest BCUT2D eigenvalue weighted by Crippen LogP contribution is 2.32. The number of hydrogen-bond donors (Lipinski definition) is 1. The van der Waals surface area contributed by atoms with Gasteiger partial charge in [-0.25, -0.2) is 0 Å². The van der Waals surface area contributed by atoms with Crippen molar-refractivity contribution in [2.45, 2.75) is 26.3 Å². The first-order valence-corrected chi connectivity index (χ1v) is 6.57. The minimum absolute atomic E-state index is 0.331.